The first-order valence-electron chi connectivity index (χ1n) is 2.72. The average molecular weight is 128 g/mol. The van der Waals surface area contributed by atoms with Gasteiger partial charge in [0.25, 0.3) is 0 Å². The van der Waals surface area contributed by atoms with Gasteiger partial charge >= 0.3 is 0 Å². The minimum Gasteiger partial charge on any atom is -0.756 e. The largest absolute Gasteiger partial charge is 0.756 e. The highest BCUT2D eigenvalue weighted by molar-refractivity contribution is 5.87. The van der Waals surface area contributed by atoms with Crippen LogP contribution in [-0.2, 0) is 4.79 Å². The highest BCUT2D eigenvalue weighted by Gasteiger charge is 2.00. The third-order valence-electron chi connectivity index (χ3n) is 0.861. The van der Waals surface area contributed by atoms with Crippen LogP contribution < -0.4 is 0 Å². The maximum absolute atomic E-state index is 10.6. The number of carbonyl (C=O) groups excluding carboxylic acids is 1. The summed E-state index contributed by atoms with van der Waals surface area (Å²) in [6.07, 6.45) is 1.01. The lowest BCUT2D eigenvalue weighted by Crippen LogP contribution is -2.29. The van der Waals surface area contributed by atoms with Crippen LogP contribution in [0.25, 0.3) is 0 Å². The van der Waals surface area contributed by atoms with E-state index in [1.54, 1.807) is 13.8 Å². The number of hydroxylamine groups is 2. The van der Waals surface area contributed by atoms with Crippen molar-refractivity contribution in [2.45, 2.75) is 19.9 Å². The molecule has 3 heteroatoms. The Morgan fingerprint density at radius 3 is 2.33 bits per heavy atom. The molecule has 0 spiro atoms. The van der Waals surface area contributed by atoms with E-state index in [4.69, 9.17) is 0 Å². The molecule has 0 saturated heterocycles. The zero-order chi connectivity index (χ0) is 7.44. The van der Waals surface area contributed by atoms with Crippen molar-refractivity contribution in [3.8, 4) is 0 Å². The van der Waals surface area contributed by atoms with E-state index in [1.807, 2.05) is 0 Å². The van der Waals surface area contributed by atoms with Crippen molar-refractivity contribution >= 4 is 5.91 Å². The second-order valence-electron chi connectivity index (χ2n) is 1.96. The highest BCUT2D eigenvalue weighted by atomic mass is 16.5. The van der Waals surface area contributed by atoms with Gasteiger partial charge in [-0.3, -0.25) is 4.79 Å². The molecule has 3 nitrogen and oxygen atoms in total. The molecular weight excluding hydrogens is 118 g/mol. The van der Waals surface area contributed by atoms with Crippen LogP contribution in [0.2, 0.25) is 0 Å². The van der Waals surface area contributed by atoms with Crippen LogP contribution in [-0.4, -0.2) is 17.0 Å². The Morgan fingerprint density at radius 2 is 2.22 bits per heavy atom. The van der Waals surface area contributed by atoms with Crippen LogP contribution in [0, 0.1) is 5.21 Å². The second kappa shape index (κ2) is 3.25. The van der Waals surface area contributed by atoms with Gasteiger partial charge in [0.1, 0.15) is 0 Å². The lowest BCUT2D eigenvalue weighted by atomic mass is 10.4. The van der Waals surface area contributed by atoms with Gasteiger partial charge in [-0.2, -0.15) is 0 Å². The van der Waals surface area contributed by atoms with E-state index in [9.17, 15) is 10.0 Å². The molecule has 0 aliphatic carbocycles. The van der Waals surface area contributed by atoms with Gasteiger partial charge in [-0.25, -0.2) is 0 Å². The maximum atomic E-state index is 10.6. The molecule has 0 saturated carbocycles. The fourth-order valence-corrected chi connectivity index (χ4v) is 0.344. The van der Waals surface area contributed by atoms with Crippen molar-refractivity contribution in [2.75, 3.05) is 0 Å². The van der Waals surface area contributed by atoms with Crippen molar-refractivity contribution in [3.63, 3.8) is 0 Å². The number of hydrogen-bond acceptors (Lipinski definition) is 2. The molecule has 0 N–H and O–H groups in total. The zero-order valence-electron chi connectivity index (χ0n) is 5.63. The standard InChI is InChI=1S/C6H10NO2/c1-4-6(8)7(9)5(2)3/h4-5H,1H2,2-3H3/q-1. The Bertz CT molecular complexity index is 120. The molecule has 0 unspecified atom stereocenters. The molecule has 0 atom stereocenters. The van der Waals surface area contributed by atoms with Crippen LogP contribution in [0.1, 0.15) is 13.8 Å². The van der Waals surface area contributed by atoms with E-state index in [0.29, 0.717) is 5.06 Å². The predicted octanol–water partition coefficient (Wildman–Crippen LogP) is 0.907. The van der Waals surface area contributed by atoms with Crippen molar-refractivity contribution in [2.24, 2.45) is 0 Å². The molecule has 0 aromatic carbocycles. The van der Waals surface area contributed by atoms with E-state index in [0.717, 1.165) is 6.08 Å². The molecule has 0 fully saturated rings. The minimum absolute atomic E-state index is 0.296. The topological polar surface area (TPSA) is 43.4 Å². The minimum atomic E-state index is -0.579. The van der Waals surface area contributed by atoms with E-state index in [1.165, 1.54) is 0 Å². The fraction of sp³-hybridized carbons (Fsp3) is 0.500. The Morgan fingerprint density at radius 1 is 1.78 bits per heavy atom. The average Bonchev–Trinajstić information content (AvgIpc) is 1.84. The molecule has 0 bridgehead atoms. The summed E-state index contributed by atoms with van der Waals surface area (Å²) in [5, 5.41) is 11.0. The van der Waals surface area contributed by atoms with Crippen LogP contribution in [0.3, 0.4) is 0 Å². The van der Waals surface area contributed by atoms with Gasteiger partial charge in [-0.1, -0.05) is 6.58 Å². The first-order chi connectivity index (χ1) is 4.09. The lowest BCUT2D eigenvalue weighted by molar-refractivity contribution is -0.124. The van der Waals surface area contributed by atoms with E-state index in [2.05, 4.69) is 6.58 Å². The summed E-state index contributed by atoms with van der Waals surface area (Å²) in [7, 11) is 0. The third-order valence-corrected chi connectivity index (χ3v) is 0.861. The molecule has 0 aliphatic heterocycles. The Labute approximate surface area is 54.5 Å². The van der Waals surface area contributed by atoms with Crippen LogP contribution in [0.5, 0.6) is 0 Å². The normalized spacial score (nSPS) is 9.33. The SMILES string of the molecule is C=CC(=O)N([O-])C(C)C. The first-order valence-corrected chi connectivity index (χ1v) is 2.72. The van der Waals surface area contributed by atoms with Crippen LogP contribution >= 0.6 is 0 Å². The fourth-order valence-electron chi connectivity index (χ4n) is 0.344. The van der Waals surface area contributed by atoms with Crippen molar-refractivity contribution in [1.82, 2.24) is 5.06 Å². The Balaban J connectivity index is 3.87. The van der Waals surface area contributed by atoms with Gasteiger partial charge in [-0.05, 0) is 19.9 Å². The molecular formula is C6H10NO2-. The zero-order valence-corrected chi connectivity index (χ0v) is 5.63. The molecule has 0 aromatic heterocycles. The van der Waals surface area contributed by atoms with Gasteiger partial charge in [0.15, 0.2) is 0 Å². The summed E-state index contributed by atoms with van der Waals surface area (Å²) in [5.74, 6) is -0.579. The predicted molar refractivity (Wildman–Crippen MR) is 35.5 cm³/mol. The van der Waals surface area contributed by atoms with Gasteiger partial charge in [0, 0.05) is 6.04 Å². The number of hydrogen-bond donors (Lipinski definition) is 0. The molecule has 1 amide bonds. The lowest BCUT2D eigenvalue weighted by Gasteiger charge is -2.30. The summed E-state index contributed by atoms with van der Waals surface area (Å²) in [6.45, 7) is 6.47. The summed E-state index contributed by atoms with van der Waals surface area (Å²) in [4.78, 5) is 10.4. The molecule has 52 valence electrons. The van der Waals surface area contributed by atoms with Crippen molar-refractivity contribution in [3.05, 3.63) is 17.9 Å². The van der Waals surface area contributed by atoms with E-state index in [-0.39, 0.29) is 6.04 Å². The second-order valence-corrected chi connectivity index (χ2v) is 1.96. The monoisotopic (exact) mass is 128 g/mol. The van der Waals surface area contributed by atoms with Crippen molar-refractivity contribution < 1.29 is 4.79 Å². The van der Waals surface area contributed by atoms with Gasteiger partial charge in [0.05, 0.1) is 0 Å². The number of amides is 1. The Hall–Kier alpha value is -0.830. The van der Waals surface area contributed by atoms with Crippen molar-refractivity contribution in [1.29, 1.82) is 0 Å². The van der Waals surface area contributed by atoms with E-state index >= 15 is 0 Å². The Kier molecular flexibility index (Phi) is 2.95. The quantitative estimate of drug-likeness (QED) is 0.409. The molecule has 0 aromatic rings. The third kappa shape index (κ3) is 2.28. The molecule has 0 radical (unpaired) electrons. The van der Waals surface area contributed by atoms with Crippen LogP contribution in [0.4, 0.5) is 0 Å². The summed E-state index contributed by atoms with van der Waals surface area (Å²) >= 11 is 0. The number of nitrogens with zero attached hydrogens (tertiary/aromatic N) is 1. The number of rotatable bonds is 2. The molecule has 0 rings (SSSR count). The summed E-state index contributed by atoms with van der Waals surface area (Å²) in [6, 6.07) is -0.296. The van der Waals surface area contributed by atoms with E-state index < -0.39 is 5.91 Å². The summed E-state index contributed by atoms with van der Waals surface area (Å²) in [5.41, 5.74) is 0. The highest BCUT2D eigenvalue weighted by Crippen LogP contribution is 1.94. The summed E-state index contributed by atoms with van der Waals surface area (Å²) < 4.78 is 0. The van der Waals surface area contributed by atoms with Crippen LogP contribution in [0.15, 0.2) is 12.7 Å². The smallest absolute Gasteiger partial charge is 0.235 e. The molecule has 0 heterocycles. The molecule has 0 aliphatic rings. The molecule has 9 heavy (non-hydrogen) atoms. The van der Waals surface area contributed by atoms with Gasteiger partial charge in [-0.15, -0.1) is 0 Å². The number of carbonyl (C=O) groups is 1. The van der Waals surface area contributed by atoms with Gasteiger partial charge in [0.2, 0.25) is 5.91 Å². The first kappa shape index (κ1) is 8.17. The van der Waals surface area contributed by atoms with Gasteiger partial charge < -0.3 is 10.3 Å². The maximum Gasteiger partial charge on any atom is 0.235 e.